The third kappa shape index (κ3) is 5.82. The molecule has 21 heavy (non-hydrogen) atoms. The molecule has 0 saturated carbocycles. The van der Waals surface area contributed by atoms with Gasteiger partial charge in [-0.15, -0.1) is 0 Å². The lowest BCUT2D eigenvalue weighted by atomic mass is 10.1. The third-order valence-electron chi connectivity index (χ3n) is 2.85. The van der Waals surface area contributed by atoms with Crippen molar-refractivity contribution in [3.63, 3.8) is 0 Å². The van der Waals surface area contributed by atoms with Gasteiger partial charge in [-0.2, -0.15) is 0 Å². The van der Waals surface area contributed by atoms with Crippen molar-refractivity contribution in [2.45, 2.75) is 20.3 Å². The van der Waals surface area contributed by atoms with Crippen molar-refractivity contribution in [3.8, 4) is 0 Å². The largest absolute Gasteiger partial charge is 0.469 e. The molecule has 0 aliphatic heterocycles. The van der Waals surface area contributed by atoms with Crippen LogP contribution in [0.4, 0.5) is 0 Å². The van der Waals surface area contributed by atoms with Gasteiger partial charge in [0.15, 0.2) is 0 Å². The van der Waals surface area contributed by atoms with Crippen LogP contribution in [0.5, 0.6) is 0 Å². The Hall–Kier alpha value is -0.820. The Morgan fingerprint density at radius 1 is 1.38 bits per heavy atom. The molecule has 1 amide bonds. The first-order chi connectivity index (χ1) is 9.85. The van der Waals surface area contributed by atoms with Crippen LogP contribution in [0.1, 0.15) is 30.6 Å². The Bertz CT molecular complexity index is 520. The molecule has 0 radical (unpaired) electrons. The molecule has 0 heterocycles. The maximum atomic E-state index is 12.6. The summed E-state index contributed by atoms with van der Waals surface area (Å²) in [7, 11) is 1.34. The van der Waals surface area contributed by atoms with Crippen LogP contribution < -0.4 is 0 Å². The molecule has 0 aliphatic carbocycles. The maximum Gasteiger partial charge on any atom is 0.307 e. The molecule has 0 unspecified atom stereocenters. The fourth-order valence-corrected chi connectivity index (χ4v) is 2.37. The van der Waals surface area contributed by atoms with Gasteiger partial charge in [0.05, 0.1) is 18.6 Å². The van der Waals surface area contributed by atoms with Crippen LogP contribution in [0.25, 0.3) is 0 Å². The molecule has 0 atom stereocenters. The highest BCUT2D eigenvalue weighted by Gasteiger charge is 2.19. The maximum absolute atomic E-state index is 12.6. The number of methoxy groups -OCH3 is 1. The zero-order valence-electron chi connectivity index (χ0n) is 12.4. The molecule has 116 valence electrons. The molecule has 1 aromatic rings. The SMILES string of the molecule is COC(=O)CCN(CC(C)C)C(=O)c1ccc(I)c(Cl)c1. The molecular weight excluding hydrogens is 405 g/mol. The number of benzene rings is 1. The summed E-state index contributed by atoms with van der Waals surface area (Å²) in [6, 6.07) is 5.22. The first kappa shape index (κ1) is 18.2. The number of nitrogens with zero attached hydrogens (tertiary/aromatic N) is 1. The second-order valence-electron chi connectivity index (χ2n) is 5.10. The number of esters is 1. The van der Waals surface area contributed by atoms with E-state index < -0.39 is 0 Å². The highest BCUT2D eigenvalue weighted by Crippen LogP contribution is 2.21. The van der Waals surface area contributed by atoms with Crippen molar-refractivity contribution in [2.75, 3.05) is 20.2 Å². The van der Waals surface area contributed by atoms with Gasteiger partial charge in [-0.1, -0.05) is 25.4 Å². The number of ether oxygens (including phenoxy) is 1. The lowest BCUT2D eigenvalue weighted by molar-refractivity contribution is -0.140. The third-order valence-corrected chi connectivity index (χ3v) is 4.43. The van der Waals surface area contributed by atoms with Gasteiger partial charge in [-0.05, 0) is 46.7 Å². The summed E-state index contributed by atoms with van der Waals surface area (Å²) in [4.78, 5) is 25.5. The molecule has 0 fully saturated rings. The minimum Gasteiger partial charge on any atom is -0.469 e. The van der Waals surface area contributed by atoms with Gasteiger partial charge in [0.1, 0.15) is 0 Å². The predicted octanol–water partition coefficient (Wildman–Crippen LogP) is 3.61. The Morgan fingerprint density at radius 2 is 2.05 bits per heavy atom. The Morgan fingerprint density at radius 3 is 2.57 bits per heavy atom. The van der Waals surface area contributed by atoms with Crippen LogP contribution in [-0.2, 0) is 9.53 Å². The summed E-state index contributed by atoms with van der Waals surface area (Å²) >= 11 is 8.18. The molecule has 0 saturated heterocycles. The summed E-state index contributed by atoms with van der Waals surface area (Å²) in [5.41, 5.74) is 0.533. The summed E-state index contributed by atoms with van der Waals surface area (Å²) in [5, 5.41) is 0.555. The monoisotopic (exact) mass is 423 g/mol. The fourth-order valence-electron chi connectivity index (χ4n) is 1.86. The molecule has 1 aromatic carbocycles. The number of halogens is 2. The van der Waals surface area contributed by atoms with Crippen molar-refractivity contribution in [3.05, 3.63) is 32.4 Å². The molecule has 0 bridgehead atoms. The fraction of sp³-hybridized carbons (Fsp3) is 0.467. The zero-order valence-corrected chi connectivity index (χ0v) is 15.3. The van der Waals surface area contributed by atoms with Gasteiger partial charge in [0, 0.05) is 22.2 Å². The van der Waals surface area contributed by atoms with Crippen molar-refractivity contribution in [2.24, 2.45) is 5.92 Å². The Kier molecular flexibility index (Phi) is 7.45. The quantitative estimate of drug-likeness (QED) is 0.519. The van der Waals surface area contributed by atoms with Gasteiger partial charge < -0.3 is 9.64 Å². The number of carbonyl (C=O) groups excluding carboxylic acids is 2. The van der Waals surface area contributed by atoms with Crippen LogP contribution in [0.3, 0.4) is 0 Å². The summed E-state index contributed by atoms with van der Waals surface area (Å²) < 4.78 is 5.53. The lowest BCUT2D eigenvalue weighted by Gasteiger charge is -2.24. The Labute approximate surface area is 143 Å². The van der Waals surface area contributed by atoms with E-state index in [0.717, 1.165) is 3.57 Å². The van der Waals surface area contributed by atoms with Crippen LogP contribution >= 0.6 is 34.2 Å². The van der Waals surface area contributed by atoms with E-state index in [9.17, 15) is 9.59 Å². The lowest BCUT2D eigenvalue weighted by Crippen LogP contribution is -2.36. The highest BCUT2D eigenvalue weighted by atomic mass is 127. The smallest absolute Gasteiger partial charge is 0.307 e. The van der Waals surface area contributed by atoms with E-state index in [1.54, 1.807) is 17.0 Å². The topological polar surface area (TPSA) is 46.6 Å². The summed E-state index contributed by atoms with van der Waals surface area (Å²) in [5.74, 6) is -0.131. The normalized spacial score (nSPS) is 10.6. The van der Waals surface area contributed by atoms with E-state index in [-0.39, 0.29) is 18.3 Å². The van der Waals surface area contributed by atoms with E-state index in [1.807, 2.05) is 19.9 Å². The average molecular weight is 424 g/mol. The molecule has 0 spiro atoms. The predicted molar refractivity (Wildman–Crippen MR) is 91.5 cm³/mol. The molecule has 0 aromatic heterocycles. The minimum atomic E-state index is -0.322. The van der Waals surface area contributed by atoms with E-state index in [1.165, 1.54) is 7.11 Å². The first-order valence-electron chi connectivity index (χ1n) is 6.66. The van der Waals surface area contributed by atoms with Gasteiger partial charge in [0.25, 0.3) is 5.91 Å². The number of amides is 1. The standard InChI is InChI=1S/C15H19ClINO3/c1-10(2)9-18(7-6-14(19)21-3)15(20)11-4-5-13(17)12(16)8-11/h4-5,8,10H,6-7,9H2,1-3H3. The van der Waals surface area contributed by atoms with Gasteiger partial charge in [-0.3, -0.25) is 9.59 Å². The van der Waals surface area contributed by atoms with E-state index in [0.29, 0.717) is 29.6 Å². The van der Waals surface area contributed by atoms with Crippen LogP contribution in [0.15, 0.2) is 18.2 Å². The van der Waals surface area contributed by atoms with Crippen molar-refractivity contribution in [1.82, 2.24) is 4.90 Å². The van der Waals surface area contributed by atoms with Crippen LogP contribution in [0.2, 0.25) is 5.02 Å². The molecule has 0 N–H and O–H groups in total. The molecule has 6 heteroatoms. The number of rotatable bonds is 6. The number of carbonyl (C=O) groups is 2. The van der Waals surface area contributed by atoms with E-state index >= 15 is 0 Å². The highest BCUT2D eigenvalue weighted by molar-refractivity contribution is 14.1. The second-order valence-corrected chi connectivity index (χ2v) is 6.67. The zero-order chi connectivity index (χ0) is 16.0. The first-order valence-corrected chi connectivity index (χ1v) is 8.12. The van der Waals surface area contributed by atoms with E-state index in [4.69, 9.17) is 11.6 Å². The van der Waals surface area contributed by atoms with Gasteiger partial charge in [0.2, 0.25) is 0 Å². The van der Waals surface area contributed by atoms with E-state index in [2.05, 4.69) is 27.3 Å². The van der Waals surface area contributed by atoms with Crippen molar-refractivity contribution in [1.29, 1.82) is 0 Å². The van der Waals surface area contributed by atoms with Gasteiger partial charge in [-0.25, -0.2) is 0 Å². The number of hydrogen-bond acceptors (Lipinski definition) is 3. The summed E-state index contributed by atoms with van der Waals surface area (Å²) in [6.07, 6.45) is 0.188. The van der Waals surface area contributed by atoms with Crippen molar-refractivity contribution < 1.29 is 14.3 Å². The molecular formula is C15H19ClINO3. The minimum absolute atomic E-state index is 0.120. The molecule has 1 rings (SSSR count). The van der Waals surface area contributed by atoms with Crippen LogP contribution in [0, 0.1) is 9.49 Å². The second kappa shape index (κ2) is 8.58. The molecule has 0 aliphatic rings. The average Bonchev–Trinajstić information content (AvgIpc) is 2.44. The summed E-state index contributed by atoms with van der Waals surface area (Å²) in [6.45, 7) is 4.98. The van der Waals surface area contributed by atoms with Crippen LogP contribution in [-0.4, -0.2) is 37.0 Å². The molecule has 4 nitrogen and oxygen atoms in total. The van der Waals surface area contributed by atoms with Crippen molar-refractivity contribution >= 4 is 46.1 Å². The number of hydrogen-bond donors (Lipinski definition) is 0. The Balaban J connectivity index is 2.87. The van der Waals surface area contributed by atoms with Gasteiger partial charge >= 0.3 is 5.97 Å².